The van der Waals surface area contributed by atoms with E-state index in [2.05, 4.69) is 4.99 Å². The summed E-state index contributed by atoms with van der Waals surface area (Å²) < 4.78 is 5.00. The second-order valence-electron chi connectivity index (χ2n) is 6.81. The van der Waals surface area contributed by atoms with Gasteiger partial charge < -0.3 is 9.64 Å². The number of hydrogen-bond donors (Lipinski definition) is 0. The van der Waals surface area contributed by atoms with Gasteiger partial charge in [0.05, 0.1) is 22.8 Å². The van der Waals surface area contributed by atoms with Crippen LogP contribution >= 0.6 is 11.8 Å². The third-order valence-corrected chi connectivity index (χ3v) is 5.52. The van der Waals surface area contributed by atoms with Crippen molar-refractivity contribution in [3.8, 4) is 0 Å². The second kappa shape index (κ2) is 9.63. The number of esters is 1. The van der Waals surface area contributed by atoms with Crippen molar-refractivity contribution >= 4 is 46.3 Å². The van der Waals surface area contributed by atoms with E-state index >= 15 is 0 Å². The Balaban J connectivity index is 1.82. The Morgan fingerprint density at radius 1 is 1.10 bits per heavy atom. The number of rotatable bonds is 6. The summed E-state index contributed by atoms with van der Waals surface area (Å²) in [6.07, 6.45) is 1.89. The minimum absolute atomic E-state index is 0.0546. The van der Waals surface area contributed by atoms with E-state index in [0.717, 1.165) is 11.3 Å². The van der Waals surface area contributed by atoms with Crippen LogP contribution in [0.3, 0.4) is 0 Å². The van der Waals surface area contributed by atoms with Crippen LogP contribution in [0.1, 0.15) is 29.8 Å². The molecule has 0 atom stereocenters. The first-order chi connectivity index (χ1) is 14.4. The molecule has 1 amide bonds. The zero-order valence-corrected chi connectivity index (χ0v) is 18.4. The van der Waals surface area contributed by atoms with E-state index in [1.165, 1.54) is 11.8 Å². The predicted octanol–water partition coefficient (Wildman–Crippen LogP) is 4.55. The quantitative estimate of drug-likeness (QED) is 0.504. The van der Waals surface area contributed by atoms with Gasteiger partial charge in [0, 0.05) is 26.3 Å². The molecule has 1 heterocycles. The van der Waals surface area contributed by atoms with Crippen LogP contribution in [-0.4, -0.2) is 49.2 Å². The Labute approximate surface area is 181 Å². The second-order valence-corrected chi connectivity index (χ2v) is 7.82. The molecule has 2 aromatic carbocycles. The van der Waals surface area contributed by atoms with Crippen LogP contribution < -0.4 is 4.90 Å². The first-order valence-corrected chi connectivity index (χ1v) is 10.6. The maximum atomic E-state index is 12.8. The number of hydrogen-bond acceptors (Lipinski definition) is 6. The maximum absolute atomic E-state index is 12.8. The molecule has 1 saturated heterocycles. The first-order valence-electron chi connectivity index (χ1n) is 9.77. The molecule has 0 bridgehead atoms. The van der Waals surface area contributed by atoms with Crippen molar-refractivity contribution in [1.82, 2.24) is 4.90 Å². The number of aliphatic imine (C=N–C) groups is 1. The van der Waals surface area contributed by atoms with E-state index in [4.69, 9.17) is 4.74 Å². The first kappa shape index (κ1) is 21.6. The summed E-state index contributed by atoms with van der Waals surface area (Å²) in [7, 11) is 3.98. The molecule has 7 heteroatoms. The fourth-order valence-electron chi connectivity index (χ4n) is 2.89. The molecule has 0 N–H and O–H groups in total. The molecular formula is C23H25N3O3S. The minimum Gasteiger partial charge on any atom is -0.462 e. The van der Waals surface area contributed by atoms with Crippen molar-refractivity contribution in [3.05, 3.63) is 64.6 Å². The van der Waals surface area contributed by atoms with Gasteiger partial charge in [-0.25, -0.2) is 9.79 Å². The number of amides is 1. The Bertz CT molecular complexity index is 980. The van der Waals surface area contributed by atoms with Crippen molar-refractivity contribution in [2.75, 3.05) is 32.1 Å². The highest BCUT2D eigenvalue weighted by molar-refractivity contribution is 8.18. The molecule has 0 aliphatic carbocycles. The van der Waals surface area contributed by atoms with Crippen LogP contribution in [-0.2, 0) is 9.53 Å². The highest BCUT2D eigenvalue weighted by Crippen LogP contribution is 2.34. The Morgan fingerprint density at radius 2 is 1.77 bits per heavy atom. The normalized spacial score (nSPS) is 16.4. The van der Waals surface area contributed by atoms with Gasteiger partial charge in [0.15, 0.2) is 5.17 Å². The third kappa shape index (κ3) is 4.91. The monoisotopic (exact) mass is 423 g/mol. The van der Waals surface area contributed by atoms with E-state index in [0.29, 0.717) is 34.5 Å². The van der Waals surface area contributed by atoms with Crippen molar-refractivity contribution in [1.29, 1.82) is 0 Å². The third-order valence-electron chi connectivity index (χ3n) is 4.51. The molecule has 2 aromatic rings. The molecule has 0 spiro atoms. The van der Waals surface area contributed by atoms with E-state index in [-0.39, 0.29) is 11.9 Å². The van der Waals surface area contributed by atoms with Gasteiger partial charge in [-0.1, -0.05) is 12.1 Å². The molecule has 0 unspecified atom stereocenters. The highest BCUT2D eigenvalue weighted by Gasteiger charge is 2.32. The molecule has 1 aliphatic rings. The van der Waals surface area contributed by atoms with Crippen molar-refractivity contribution in [2.45, 2.75) is 13.8 Å². The summed E-state index contributed by atoms with van der Waals surface area (Å²) in [5, 5.41) is 0.627. The lowest BCUT2D eigenvalue weighted by atomic mass is 10.2. The SMILES string of the molecule is CCOC(=O)c1ccc(N=C2S/C(=C/c3ccc(N(C)C)cc3)C(=O)N2CC)cc1. The van der Waals surface area contributed by atoms with Crippen LogP contribution in [0.4, 0.5) is 11.4 Å². The topological polar surface area (TPSA) is 62.2 Å². The predicted molar refractivity (Wildman–Crippen MR) is 123 cm³/mol. The largest absolute Gasteiger partial charge is 0.462 e. The standard InChI is InChI=1S/C23H25N3O3S/c1-5-26-21(27)20(15-16-7-13-19(14-8-16)25(3)4)30-23(26)24-18-11-9-17(10-12-18)22(28)29-6-2/h7-15H,5-6H2,1-4H3/b20-15+,24-23?. The van der Waals surface area contributed by atoms with Gasteiger partial charge in [0.2, 0.25) is 0 Å². The molecule has 0 saturated carbocycles. The van der Waals surface area contributed by atoms with Crippen LogP contribution in [0.2, 0.25) is 0 Å². The van der Waals surface area contributed by atoms with Crippen molar-refractivity contribution < 1.29 is 14.3 Å². The van der Waals surface area contributed by atoms with Crippen LogP contribution in [0.25, 0.3) is 6.08 Å². The molecule has 6 nitrogen and oxygen atoms in total. The lowest BCUT2D eigenvalue weighted by Crippen LogP contribution is -2.28. The molecule has 0 radical (unpaired) electrons. The smallest absolute Gasteiger partial charge is 0.338 e. The van der Waals surface area contributed by atoms with Crippen molar-refractivity contribution in [2.24, 2.45) is 4.99 Å². The number of likely N-dealkylation sites (N-methyl/N-ethyl adjacent to an activating group) is 1. The number of carbonyl (C=O) groups is 2. The summed E-state index contributed by atoms with van der Waals surface area (Å²) >= 11 is 1.36. The number of anilines is 1. The van der Waals surface area contributed by atoms with Gasteiger partial charge >= 0.3 is 5.97 Å². The number of ether oxygens (including phenoxy) is 1. The highest BCUT2D eigenvalue weighted by atomic mass is 32.2. The lowest BCUT2D eigenvalue weighted by molar-refractivity contribution is -0.122. The molecule has 1 aliphatic heterocycles. The van der Waals surface area contributed by atoms with Gasteiger partial charge in [-0.2, -0.15) is 0 Å². The number of amidine groups is 1. The van der Waals surface area contributed by atoms with Gasteiger partial charge in [0.25, 0.3) is 5.91 Å². The van der Waals surface area contributed by atoms with Gasteiger partial charge in [-0.3, -0.25) is 9.69 Å². The van der Waals surface area contributed by atoms with E-state index < -0.39 is 0 Å². The zero-order valence-electron chi connectivity index (χ0n) is 17.6. The number of benzene rings is 2. The number of nitrogens with zero attached hydrogens (tertiary/aromatic N) is 3. The maximum Gasteiger partial charge on any atom is 0.338 e. The van der Waals surface area contributed by atoms with Gasteiger partial charge in [-0.05, 0) is 73.6 Å². The Hall–Kier alpha value is -3.06. The van der Waals surface area contributed by atoms with Crippen LogP contribution in [0.5, 0.6) is 0 Å². The average molecular weight is 424 g/mol. The van der Waals surface area contributed by atoms with Gasteiger partial charge in [-0.15, -0.1) is 0 Å². The Kier molecular flexibility index (Phi) is 6.95. The molecular weight excluding hydrogens is 398 g/mol. The average Bonchev–Trinajstić information content (AvgIpc) is 3.03. The van der Waals surface area contributed by atoms with E-state index in [1.54, 1.807) is 36.1 Å². The molecule has 3 rings (SSSR count). The lowest BCUT2D eigenvalue weighted by Gasteiger charge is -2.12. The van der Waals surface area contributed by atoms with Crippen LogP contribution in [0.15, 0.2) is 58.4 Å². The summed E-state index contributed by atoms with van der Waals surface area (Å²) in [5.74, 6) is -0.413. The Morgan fingerprint density at radius 3 is 2.33 bits per heavy atom. The van der Waals surface area contributed by atoms with E-state index in [1.807, 2.05) is 56.3 Å². The zero-order chi connectivity index (χ0) is 21.7. The summed E-state index contributed by atoms with van der Waals surface area (Å²) in [5.41, 5.74) is 3.22. The molecule has 30 heavy (non-hydrogen) atoms. The summed E-state index contributed by atoms with van der Waals surface area (Å²) in [6, 6.07) is 14.9. The molecule has 0 aromatic heterocycles. The van der Waals surface area contributed by atoms with Gasteiger partial charge in [0.1, 0.15) is 0 Å². The number of carbonyl (C=O) groups excluding carboxylic acids is 2. The fraction of sp³-hybridized carbons (Fsp3) is 0.261. The van der Waals surface area contributed by atoms with Crippen LogP contribution in [0, 0.1) is 0 Å². The minimum atomic E-state index is -0.359. The number of thioether (sulfide) groups is 1. The molecule has 156 valence electrons. The van der Waals surface area contributed by atoms with E-state index in [9.17, 15) is 9.59 Å². The fourth-order valence-corrected chi connectivity index (χ4v) is 3.95. The summed E-state index contributed by atoms with van der Waals surface area (Å²) in [6.45, 7) is 4.56. The molecule has 1 fully saturated rings. The van der Waals surface area contributed by atoms with Crippen molar-refractivity contribution in [3.63, 3.8) is 0 Å². The summed E-state index contributed by atoms with van der Waals surface area (Å²) in [4.78, 5) is 33.6.